The molecule has 0 amide bonds. The molecule has 0 aliphatic heterocycles. The Balaban J connectivity index is 2.28. The fourth-order valence-electron chi connectivity index (χ4n) is 1.99. The van der Waals surface area contributed by atoms with Crippen LogP contribution < -0.4 is 0 Å². The Hall–Kier alpha value is -2.56. The van der Waals surface area contributed by atoms with Crippen LogP contribution in [0.4, 0.5) is 0 Å². The van der Waals surface area contributed by atoms with Gasteiger partial charge in [0.15, 0.2) is 11.3 Å². The van der Waals surface area contributed by atoms with Crippen LogP contribution in [0, 0.1) is 0 Å². The van der Waals surface area contributed by atoms with Crippen molar-refractivity contribution in [1.82, 2.24) is 24.9 Å². The number of H-pyrrole nitrogens is 1. The Morgan fingerprint density at radius 2 is 1.82 bits per heavy atom. The minimum atomic E-state index is 0.667. The van der Waals surface area contributed by atoms with Gasteiger partial charge < -0.3 is 4.98 Å². The maximum atomic E-state index is 4.55. The van der Waals surface area contributed by atoms with Crippen molar-refractivity contribution < 1.29 is 0 Å². The molecule has 0 saturated heterocycles. The van der Waals surface area contributed by atoms with Gasteiger partial charge in [-0.1, -0.05) is 18.2 Å². The van der Waals surface area contributed by atoms with Crippen LogP contribution in [0.25, 0.3) is 33.2 Å². The molecule has 0 radical (unpaired) electrons. The first kappa shape index (κ1) is 8.58. The van der Waals surface area contributed by atoms with Gasteiger partial charge in [0.2, 0.25) is 0 Å². The Kier molecular flexibility index (Phi) is 1.50. The summed E-state index contributed by atoms with van der Waals surface area (Å²) in [6.45, 7) is 0. The molecule has 80 valence electrons. The van der Waals surface area contributed by atoms with Crippen LogP contribution in [0.15, 0.2) is 36.8 Å². The van der Waals surface area contributed by atoms with Crippen molar-refractivity contribution in [1.29, 1.82) is 0 Å². The summed E-state index contributed by atoms with van der Waals surface area (Å²) in [5, 5.41) is 1.03. The van der Waals surface area contributed by atoms with Gasteiger partial charge in [-0.3, -0.25) is 0 Å². The molecule has 0 atom stereocenters. The number of para-hydroxylation sites is 1. The SMILES string of the molecule is c1ccc2c(c1)nc1nc3cnc[nH]c3nc12. The highest BCUT2D eigenvalue weighted by Crippen LogP contribution is 2.23. The standard InChI is InChI=1S/C12H7N5/c1-2-4-8-7(3-1)10-12(15-8)16-9-5-13-6-14-11(9)17-10/h1-6H,(H,13,14,17). The van der Waals surface area contributed by atoms with Crippen molar-refractivity contribution in [3.8, 4) is 0 Å². The van der Waals surface area contributed by atoms with Crippen LogP contribution in [0.3, 0.4) is 0 Å². The second-order valence-corrected chi connectivity index (χ2v) is 3.81. The first-order valence-corrected chi connectivity index (χ1v) is 5.26. The molecule has 1 N–H and O–H groups in total. The molecule has 4 aromatic rings. The molecule has 0 bridgehead atoms. The number of hydrogen-bond acceptors (Lipinski definition) is 4. The third kappa shape index (κ3) is 1.13. The number of fused-ring (bicyclic) bond motifs is 4. The van der Waals surface area contributed by atoms with Gasteiger partial charge in [-0.05, 0) is 6.07 Å². The average molecular weight is 221 g/mol. The lowest BCUT2D eigenvalue weighted by molar-refractivity contribution is 1.17. The predicted molar refractivity (Wildman–Crippen MR) is 64.5 cm³/mol. The fraction of sp³-hybridized carbons (Fsp3) is 0. The monoisotopic (exact) mass is 221 g/mol. The molecular formula is C12H7N5. The molecule has 4 rings (SSSR count). The van der Waals surface area contributed by atoms with Gasteiger partial charge in [-0.25, -0.2) is 19.9 Å². The van der Waals surface area contributed by atoms with Crippen LogP contribution in [-0.4, -0.2) is 24.9 Å². The van der Waals surface area contributed by atoms with E-state index < -0.39 is 0 Å². The highest BCUT2D eigenvalue weighted by molar-refractivity contribution is 6.05. The van der Waals surface area contributed by atoms with E-state index in [1.807, 2.05) is 24.3 Å². The van der Waals surface area contributed by atoms with E-state index in [1.54, 1.807) is 12.5 Å². The molecular weight excluding hydrogens is 214 g/mol. The van der Waals surface area contributed by atoms with Gasteiger partial charge in [-0.2, -0.15) is 0 Å². The summed E-state index contributed by atoms with van der Waals surface area (Å²) < 4.78 is 0. The molecule has 1 aromatic carbocycles. The molecule has 0 aliphatic carbocycles. The summed E-state index contributed by atoms with van der Waals surface area (Å²) in [5.41, 5.74) is 3.87. The van der Waals surface area contributed by atoms with Crippen molar-refractivity contribution >= 4 is 33.2 Å². The van der Waals surface area contributed by atoms with E-state index in [1.165, 1.54) is 0 Å². The van der Waals surface area contributed by atoms with E-state index in [-0.39, 0.29) is 0 Å². The Labute approximate surface area is 95.6 Å². The molecule has 3 aromatic heterocycles. The molecule has 5 nitrogen and oxygen atoms in total. The number of nitrogens with zero attached hydrogens (tertiary/aromatic N) is 4. The maximum absolute atomic E-state index is 4.55. The van der Waals surface area contributed by atoms with Crippen molar-refractivity contribution in [2.45, 2.75) is 0 Å². The normalized spacial score (nSPS) is 11.5. The van der Waals surface area contributed by atoms with Crippen molar-refractivity contribution in [3.05, 3.63) is 36.8 Å². The summed E-state index contributed by atoms with van der Waals surface area (Å²) >= 11 is 0. The minimum absolute atomic E-state index is 0.667. The van der Waals surface area contributed by atoms with Crippen molar-refractivity contribution in [2.24, 2.45) is 0 Å². The van der Waals surface area contributed by atoms with E-state index in [9.17, 15) is 0 Å². The largest absolute Gasteiger partial charge is 0.329 e. The van der Waals surface area contributed by atoms with Crippen LogP contribution in [0.1, 0.15) is 0 Å². The minimum Gasteiger partial charge on any atom is -0.329 e. The lowest BCUT2D eigenvalue weighted by Gasteiger charge is -1.95. The van der Waals surface area contributed by atoms with Gasteiger partial charge in [0.25, 0.3) is 0 Å². The van der Waals surface area contributed by atoms with Crippen LogP contribution in [0.5, 0.6) is 0 Å². The second kappa shape index (κ2) is 2.98. The summed E-state index contributed by atoms with van der Waals surface area (Å²) in [5.74, 6) is 0. The summed E-state index contributed by atoms with van der Waals surface area (Å²) in [7, 11) is 0. The molecule has 0 unspecified atom stereocenters. The van der Waals surface area contributed by atoms with E-state index in [0.29, 0.717) is 5.65 Å². The molecule has 5 heteroatoms. The first-order chi connectivity index (χ1) is 8.42. The van der Waals surface area contributed by atoms with Gasteiger partial charge in [-0.15, -0.1) is 0 Å². The number of rotatable bonds is 0. The van der Waals surface area contributed by atoms with E-state index in [0.717, 1.165) is 27.6 Å². The van der Waals surface area contributed by atoms with E-state index in [2.05, 4.69) is 24.9 Å². The second-order valence-electron chi connectivity index (χ2n) is 3.81. The van der Waals surface area contributed by atoms with Crippen LogP contribution in [-0.2, 0) is 0 Å². The average Bonchev–Trinajstić information content (AvgIpc) is 2.73. The summed E-state index contributed by atoms with van der Waals surface area (Å²) in [6.07, 6.45) is 3.28. The van der Waals surface area contributed by atoms with Gasteiger partial charge >= 0.3 is 0 Å². The topological polar surface area (TPSA) is 67.3 Å². The lowest BCUT2D eigenvalue weighted by atomic mass is 10.2. The smallest absolute Gasteiger partial charge is 0.180 e. The predicted octanol–water partition coefficient (Wildman–Crippen LogP) is 2.05. The molecule has 0 fully saturated rings. The first-order valence-electron chi connectivity index (χ1n) is 5.26. The molecule has 0 saturated carbocycles. The number of benzene rings is 1. The van der Waals surface area contributed by atoms with E-state index >= 15 is 0 Å². The molecule has 0 spiro atoms. The van der Waals surface area contributed by atoms with Gasteiger partial charge in [0.1, 0.15) is 11.0 Å². The zero-order chi connectivity index (χ0) is 11.2. The van der Waals surface area contributed by atoms with Gasteiger partial charge in [0, 0.05) is 5.39 Å². The zero-order valence-electron chi connectivity index (χ0n) is 8.75. The fourth-order valence-corrected chi connectivity index (χ4v) is 1.99. The quantitative estimate of drug-likeness (QED) is 0.493. The van der Waals surface area contributed by atoms with Crippen LogP contribution in [0.2, 0.25) is 0 Å². The zero-order valence-corrected chi connectivity index (χ0v) is 8.75. The molecule has 17 heavy (non-hydrogen) atoms. The Bertz CT molecular complexity index is 843. The summed E-state index contributed by atoms with van der Waals surface area (Å²) in [6, 6.07) is 7.91. The number of nitrogens with one attached hydrogen (secondary N) is 1. The van der Waals surface area contributed by atoms with Crippen LogP contribution >= 0.6 is 0 Å². The maximum Gasteiger partial charge on any atom is 0.180 e. The van der Waals surface area contributed by atoms with E-state index in [4.69, 9.17) is 0 Å². The van der Waals surface area contributed by atoms with Crippen molar-refractivity contribution in [3.63, 3.8) is 0 Å². The number of aromatic amines is 1. The Morgan fingerprint density at radius 3 is 2.82 bits per heavy atom. The highest BCUT2D eigenvalue weighted by atomic mass is 15.0. The van der Waals surface area contributed by atoms with Crippen molar-refractivity contribution in [2.75, 3.05) is 0 Å². The third-order valence-corrected chi connectivity index (χ3v) is 2.76. The summed E-state index contributed by atoms with van der Waals surface area (Å²) in [4.78, 5) is 20.4. The van der Waals surface area contributed by atoms with Gasteiger partial charge in [0.05, 0.1) is 18.0 Å². The lowest BCUT2D eigenvalue weighted by Crippen LogP contribution is -1.89. The number of aromatic nitrogens is 5. The molecule has 0 aliphatic rings. The molecule has 3 heterocycles. The third-order valence-electron chi connectivity index (χ3n) is 2.76. The highest BCUT2D eigenvalue weighted by Gasteiger charge is 2.09. The number of hydrogen-bond donors (Lipinski definition) is 1. The Morgan fingerprint density at radius 1 is 0.941 bits per heavy atom.